The summed E-state index contributed by atoms with van der Waals surface area (Å²) in [6, 6.07) is 9.33. The molecule has 2 N–H and O–H groups in total. The number of nitriles is 2. The van der Waals surface area contributed by atoms with Crippen LogP contribution in [0.2, 0.25) is 0 Å². The molecule has 5 rings (SSSR count). The van der Waals surface area contributed by atoms with Crippen molar-refractivity contribution in [2.24, 2.45) is 0 Å². The second kappa shape index (κ2) is 11.6. The van der Waals surface area contributed by atoms with Gasteiger partial charge in [-0.2, -0.15) is 10.5 Å². The number of pyridine rings is 1. The predicted octanol–water partition coefficient (Wildman–Crippen LogP) is 6.32. The van der Waals surface area contributed by atoms with Gasteiger partial charge in [-0.25, -0.2) is 4.98 Å². The van der Waals surface area contributed by atoms with Crippen molar-refractivity contribution in [3.63, 3.8) is 0 Å². The second-order valence-electron chi connectivity index (χ2n) is 9.15. The number of ketones is 2. The van der Waals surface area contributed by atoms with E-state index in [2.05, 4.69) is 27.8 Å². The number of allylic oxidation sites excluding steroid dienone is 2. The average molecular weight is 540 g/mol. The van der Waals surface area contributed by atoms with Crippen molar-refractivity contribution in [2.45, 2.75) is 51.4 Å². The topological polar surface area (TPSA) is 119 Å². The molecule has 0 fully saturated rings. The summed E-state index contributed by atoms with van der Waals surface area (Å²) in [5, 5.41) is 26.9. The summed E-state index contributed by atoms with van der Waals surface area (Å²) in [6.45, 7) is 0. The molecule has 0 atom stereocenters. The van der Waals surface area contributed by atoms with Crippen LogP contribution in [0, 0.1) is 22.7 Å². The van der Waals surface area contributed by atoms with Gasteiger partial charge in [0.05, 0.1) is 11.1 Å². The van der Waals surface area contributed by atoms with Gasteiger partial charge in [0.2, 0.25) is 11.6 Å². The molecule has 0 saturated carbocycles. The van der Waals surface area contributed by atoms with Crippen molar-refractivity contribution in [1.29, 1.82) is 10.5 Å². The molecule has 0 amide bonds. The molecule has 7 nitrogen and oxygen atoms in total. The molecule has 3 aromatic rings. The second-order valence-corrected chi connectivity index (χ2v) is 11.4. The highest BCUT2D eigenvalue weighted by atomic mass is 32.1. The molecule has 190 valence electrons. The smallest absolute Gasteiger partial charge is 0.205 e. The van der Waals surface area contributed by atoms with Crippen LogP contribution in [0.15, 0.2) is 42.8 Å². The molecule has 0 unspecified atom stereocenters. The molecule has 9 heteroatoms. The highest BCUT2D eigenvalue weighted by molar-refractivity contribution is 7.17. The summed E-state index contributed by atoms with van der Waals surface area (Å²) in [6.07, 6.45) is 14.0. The van der Waals surface area contributed by atoms with Crippen LogP contribution in [0.25, 0.3) is 0 Å². The molecule has 0 spiro atoms. The van der Waals surface area contributed by atoms with E-state index in [9.17, 15) is 20.1 Å². The SMILES string of the molecule is N#Cc1c(N/C=C\C(=O)c2cccc(C(=O)/C=C\Nc3sc4c(c3C#N)CCCC4)n2)sc2c1CCCC2. The Morgan fingerprint density at radius 2 is 1.21 bits per heavy atom. The molecular formula is C29H25N5O2S2. The van der Waals surface area contributed by atoms with Crippen LogP contribution in [-0.4, -0.2) is 16.6 Å². The van der Waals surface area contributed by atoms with Gasteiger partial charge in [0, 0.05) is 34.3 Å². The Hall–Kier alpha value is -4.05. The lowest BCUT2D eigenvalue weighted by Crippen LogP contribution is -2.06. The summed E-state index contributed by atoms with van der Waals surface area (Å²) in [5.74, 6) is -0.700. The third-order valence-electron chi connectivity index (χ3n) is 6.72. The molecule has 0 bridgehead atoms. The number of hydrogen-bond acceptors (Lipinski definition) is 9. The molecule has 2 aliphatic rings. The number of rotatable bonds is 8. The van der Waals surface area contributed by atoms with E-state index in [1.54, 1.807) is 40.9 Å². The standard InChI is InChI=1S/C29H25N5O2S2/c30-16-20-18-6-1-3-10-26(18)37-28(20)32-14-12-24(35)22-8-5-9-23(34-22)25(36)13-15-33-29-21(17-31)19-7-2-4-11-27(19)38-29/h5,8-9,12-15,32-33H,1-4,6-7,10-11H2/b14-12-,15-13-. The molecule has 3 heterocycles. The lowest BCUT2D eigenvalue weighted by molar-refractivity contribution is 0.103. The maximum Gasteiger partial charge on any atom is 0.205 e. The highest BCUT2D eigenvalue weighted by Crippen LogP contribution is 2.38. The van der Waals surface area contributed by atoms with E-state index in [1.807, 2.05) is 0 Å². The number of aromatic nitrogens is 1. The van der Waals surface area contributed by atoms with Crippen LogP contribution in [-0.2, 0) is 25.7 Å². The first-order valence-corrected chi connectivity index (χ1v) is 14.2. The number of hydrogen-bond donors (Lipinski definition) is 2. The van der Waals surface area contributed by atoms with E-state index in [0.29, 0.717) is 11.1 Å². The number of carbonyl (C=O) groups is 2. The van der Waals surface area contributed by atoms with E-state index < -0.39 is 0 Å². The number of aryl methyl sites for hydroxylation is 2. The number of carbonyl (C=O) groups excluding carboxylic acids is 2. The Morgan fingerprint density at radius 1 is 0.763 bits per heavy atom. The number of nitrogens with one attached hydrogen (secondary N) is 2. The average Bonchev–Trinajstić information content (AvgIpc) is 3.49. The molecular weight excluding hydrogens is 514 g/mol. The summed E-state index contributed by atoms with van der Waals surface area (Å²) >= 11 is 3.14. The minimum atomic E-state index is -0.350. The Morgan fingerprint density at radius 3 is 1.66 bits per heavy atom. The van der Waals surface area contributed by atoms with E-state index in [-0.39, 0.29) is 23.0 Å². The first-order chi connectivity index (χ1) is 18.6. The molecule has 0 saturated heterocycles. The number of thiophene rings is 2. The van der Waals surface area contributed by atoms with Crippen molar-refractivity contribution >= 4 is 44.2 Å². The van der Waals surface area contributed by atoms with Crippen molar-refractivity contribution < 1.29 is 9.59 Å². The fourth-order valence-corrected chi connectivity index (χ4v) is 7.27. The van der Waals surface area contributed by atoms with Crippen LogP contribution in [0.3, 0.4) is 0 Å². The summed E-state index contributed by atoms with van der Waals surface area (Å²) in [5.41, 5.74) is 3.89. The largest absolute Gasteiger partial charge is 0.352 e. The Labute approximate surface area is 229 Å². The summed E-state index contributed by atoms with van der Waals surface area (Å²) in [7, 11) is 0. The van der Waals surface area contributed by atoms with Gasteiger partial charge in [-0.05, 0) is 74.6 Å². The normalized spacial score (nSPS) is 14.5. The van der Waals surface area contributed by atoms with Gasteiger partial charge in [-0.1, -0.05) is 6.07 Å². The van der Waals surface area contributed by atoms with Gasteiger partial charge in [-0.3, -0.25) is 9.59 Å². The van der Waals surface area contributed by atoms with Gasteiger partial charge < -0.3 is 10.6 Å². The zero-order valence-electron chi connectivity index (χ0n) is 20.7. The third kappa shape index (κ3) is 5.31. The maximum atomic E-state index is 12.7. The fraction of sp³-hybridized carbons (Fsp3) is 0.276. The van der Waals surface area contributed by atoms with Crippen LogP contribution in [0.4, 0.5) is 10.0 Å². The van der Waals surface area contributed by atoms with E-state index in [1.165, 1.54) is 34.3 Å². The van der Waals surface area contributed by atoms with Crippen LogP contribution < -0.4 is 10.6 Å². The Kier molecular flexibility index (Phi) is 7.78. The van der Waals surface area contributed by atoms with Crippen molar-refractivity contribution in [1.82, 2.24) is 4.98 Å². The monoisotopic (exact) mass is 539 g/mol. The molecule has 2 aliphatic carbocycles. The minimum Gasteiger partial charge on any atom is -0.352 e. The Balaban J connectivity index is 1.23. The van der Waals surface area contributed by atoms with E-state index in [4.69, 9.17) is 0 Å². The van der Waals surface area contributed by atoms with Gasteiger partial charge >= 0.3 is 0 Å². The van der Waals surface area contributed by atoms with Gasteiger partial charge in [0.25, 0.3) is 0 Å². The van der Waals surface area contributed by atoms with E-state index in [0.717, 1.165) is 72.5 Å². The number of nitrogens with zero attached hydrogens (tertiary/aromatic N) is 3. The summed E-state index contributed by atoms with van der Waals surface area (Å²) in [4.78, 5) is 32.1. The highest BCUT2D eigenvalue weighted by Gasteiger charge is 2.21. The molecule has 3 aromatic heterocycles. The quantitative estimate of drug-likeness (QED) is 0.254. The van der Waals surface area contributed by atoms with Crippen molar-refractivity contribution in [2.75, 3.05) is 10.6 Å². The van der Waals surface area contributed by atoms with Gasteiger partial charge in [0.15, 0.2) is 0 Å². The maximum absolute atomic E-state index is 12.7. The van der Waals surface area contributed by atoms with Crippen LogP contribution in [0.5, 0.6) is 0 Å². The predicted molar refractivity (Wildman–Crippen MR) is 150 cm³/mol. The summed E-state index contributed by atoms with van der Waals surface area (Å²) < 4.78 is 0. The zero-order chi connectivity index (χ0) is 26.5. The minimum absolute atomic E-state index is 0.152. The fourth-order valence-electron chi connectivity index (χ4n) is 4.84. The van der Waals surface area contributed by atoms with Crippen molar-refractivity contribution in [3.05, 3.63) is 86.1 Å². The first-order valence-electron chi connectivity index (χ1n) is 12.6. The van der Waals surface area contributed by atoms with Crippen molar-refractivity contribution in [3.8, 4) is 12.1 Å². The van der Waals surface area contributed by atoms with Gasteiger partial charge in [0.1, 0.15) is 33.5 Å². The molecule has 0 aromatic carbocycles. The molecule has 0 radical (unpaired) electrons. The molecule has 38 heavy (non-hydrogen) atoms. The third-order valence-corrected chi connectivity index (χ3v) is 9.16. The number of anilines is 2. The zero-order valence-corrected chi connectivity index (χ0v) is 22.3. The number of fused-ring (bicyclic) bond motifs is 2. The van der Waals surface area contributed by atoms with E-state index >= 15 is 0 Å². The van der Waals surface area contributed by atoms with Crippen LogP contribution in [0.1, 0.15) is 78.7 Å². The first kappa shape index (κ1) is 25.6. The van der Waals surface area contributed by atoms with Crippen LogP contribution >= 0.6 is 22.7 Å². The lowest BCUT2D eigenvalue weighted by Gasteiger charge is -2.09. The molecule has 0 aliphatic heterocycles. The lowest BCUT2D eigenvalue weighted by atomic mass is 9.96. The van der Waals surface area contributed by atoms with Gasteiger partial charge in [-0.15, -0.1) is 22.7 Å². The Bertz CT molecular complexity index is 1440.